The largest absolute Gasteiger partial charge is 0.467 e. The molecule has 1 N–H and O–H groups in total. The average molecular weight is 312 g/mol. The summed E-state index contributed by atoms with van der Waals surface area (Å²) in [6.45, 7) is 7.14. The monoisotopic (exact) mass is 311 g/mol. The summed E-state index contributed by atoms with van der Waals surface area (Å²) in [5.41, 5.74) is -0.339. The molecule has 0 radical (unpaired) electrons. The molecule has 0 saturated carbocycles. The van der Waals surface area contributed by atoms with Gasteiger partial charge in [-0.3, -0.25) is 4.79 Å². The molecule has 0 saturated heterocycles. The maximum Gasteiger partial charge on any atom is 0.331 e. The van der Waals surface area contributed by atoms with Gasteiger partial charge in [0.25, 0.3) is 0 Å². The van der Waals surface area contributed by atoms with Crippen molar-refractivity contribution in [2.45, 2.75) is 39.2 Å². The predicted molar refractivity (Wildman–Crippen MR) is 83.3 cm³/mol. The van der Waals surface area contributed by atoms with Crippen LogP contribution in [0.25, 0.3) is 0 Å². The Kier molecular flexibility index (Phi) is 5.78. The summed E-state index contributed by atoms with van der Waals surface area (Å²) in [7, 11) is 1.31. The van der Waals surface area contributed by atoms with Gasteiger partial charge in [-0.05, 0) is 31.4 Å². The van der Waals surface area contributed by atoms with Crippen LogP contribution in [0.3, 0.4) is 0 Å². The first-order chi connectivity index (χ1) is 9.74. The quantitative estimate of drug-likeness (QED) is 0.850. The molecule has 0 spiro atoms. The fourth-order valence-electron chi connectivity index (χ4n) is 1.97. The summed E-state index contributed by atoms with van der Waals surface area (Å²) in [6.07, 6.45) is 0. The Labute approximate surface area is 130 Å². The second-order valence-corrected chi connectivity index (χ2v) is 5.99. The van der Waals surface area contributed by atoms with Gasteiger partial charge in [0.2, 0.25) is 5.91 Å². The molecule has 0 heterocycles. The molecule has 2 unspecified atom stereocenters. The van der Waals surface area contributed by atoms with Gasteiger partial charge in [0.1, 0.15) is 5.54 Å². The lowest BCUT2D eigenvalue weighted by Crippen LogP contribution is -2.57. The van der Waals surface area contributed by atoms with Gasteiger partial charge in [0, 0.05) is 5.02 Å². The number of hydrogen-bond donors (Lipinski definition) is 1. The van der Waals surface area contributed by atoms with Crippen molar-refractivity contribution < 1.29 is 14.3 Å². The zero-order chi connectivity index (χ0) is 16.2. The van der Waals surface area contributed by atoms with E-state index in [4.69, 9.17) is 16.3 Å². The minimum atomic E-state index is -1.07. The molecule has 4 nitrogen and oxygen atoms in total. The number of halogens is 1. The highest BCUT2D eigenvalue weighted by Gasteiger charge is 2.40. The van der Waals surface area contributed by atoms with Gasteiger partial charge < -0.3 is 10.1 Å². The molecule has 5 heteroatoms. The molecule has 21 heavy (non-hydrogen) atoms. The molecule has 0 aromatic heterocycles. The normalized spacial score (nSPS) is 15.2. The van der Waals surface area contributed by atoms with Gasteiger partial charge in [0.05, 0.1) is 13.0 Å². The van der Waals surface area contributed by atoms with Crippen LogP contribution in [-0.4, -0.2) is 24.5 Å². The second-order valence-electron chi connectivity index (χ2n) is 5.58. The molecule has 1 rings (SSSR count). The van der Waals surface area contributed by atoms with E-state index in [0.717, 1.165) is 5.56 Å². The molecule has 1 amide bonds. The van der Waals surface area contributed by atoms with E-state index in [2.05, 4.69) is 5.32 Å². The van der Waals surface area contributed by atoms with Crippen LogP contribution in [0.2, 0.25) is 5.02 Å². The molecule has 0 bridgehead atoms. The Bertz CT molecular complexity index is 530. The van der Waals surface area contributed by atoms with Crippen LogP contribution >= 0.6 is 11.6 Å². The third-order valence-corrected chi connectivity index (χ3v) is 4.26. The number of carbonyl (C=O) groups is 2. The van der Waals surface area contributed by atoms with Crippen molar-refractivity contribution >= 4 is 23.5 Å². The summed E-state index contributed by atoms with van der Waals surface area (Å²) < 4.78 is 4.81. The van der Waals surface area contributed by atoms with E-state index in [0.29, 0.717) is 5.02 Å². The van der Waals surface area contributed by atoms with Crippen molar-refractivity contribution in [3.8, 4) is 0 Å². The smallest absolute Gasteiger partial charge is 0.331 e. The average Bonchev–Trinajstić information content (AvgIpc) is 2.45. The number of rotatable bonds is 5. The molecular weight excluding hydrogens is 290 g/mol. The van der Waals surface area contributed by atoms with E-state index >= 15 is 0 Å². The number of methoxy groups -OCH3 is 1. The Morgan fingerprint density at radius 1 is 1.24 bits per heavy atom. The summed E-state index contributed by atoms with van der Waals surface area (Å²) in [5.74, 6) is -1.28. The van der Waals surface area contributed by atoms with Crippen molar-refractivity contribution in [1.82, 2.24) is 5.32 Å². The highest BCUT2D eigenvalue weighted by molar-refractivity contribution is 6.31. The van der Waals surface area contributed by atoms with Crippen LogP contribution in [0.4, 0.5) is 0 Å². The highest BCUT2D eigenvalue weighted by Crippen LogP contribution is 2.26. The summed E-state index contributed by atoms with van der Waals surface area (Å²) in [5, 5.41) is 3.33. The topological polar surface area (TPSA) is 55.4 Å². The zero-order valence-corrected chi connectivity index (χ0v) is 13.8. The van der Waals surface area contributed by atoms with Crippen LogP contribution in [0.1, 0.15) is 39.2 Å². The van der Waals surface area contributed by atoms with Crippen molar-refractivity contribution in [3.63, 3.8) is 0 Å². The number of nitrogens with one attached hydrogen (secondary N) is 1. The molecule has 1 aromatic rings. The third-order valence-electron chi connectivity index (χ3n) is 3.91. The number of esters is 1. The lowest BCUT2D eigenvalue weighted by molar-refractivity contribution is -0.152. The first-order valence-corrected chi connectivity index (χ1v) is 7.26. The molecule has 0 fully saturated rings. The SMILES string of the molecule is COC(=O)C(C)(NC(=O)C(C)c1ccccc1Cl)C(C)C. The third kappa shape index (κ3) is 3.76. The van der Waals surface area contributed by atoms with Gasteiger partial charge in [-0.1, -0.05) is 43.6 Å². The van der Waals surface area contributed by atoms with E-state index in [-0.39, 0.29) is 11.8 Å². The summed E-state index contributed by atoms with van der Waals surface area (Å²) in [6, 6.07) is 7.18. The maximum absolute atomic E-state index is 12.5. The van der Waals surface area contributed by atoms with Crippen LogP contribution in [0.5, 0.6) is 0 Å². The van der Waals surface area contributed by atoms with Crippen LogP contribution in [-0.2, 0) is 14.3 Å². The molecule has 0 aliphatic heterocycles. The first kappa shape index (κ1) is 17.5. The molecule has 0 aliphatic rings. The van der Waals surface area contributed by atoms with Gasteiger partial charge in [-0.2, -0.15) is 0 Å². The van der Waals surface area contributed by atoms with Crippen molar-refractivity contribution in [2.75, 3.05) is 7.11 Å². The molecule has 116 valence electrons. The fraction of sp³-hybridized carbons (Fsp3) is 0.500. The lowest BCUT2D eigenvalue weighted by atomic mass is 9.87. The number of amides is 1. The number of ether oxygens (including phenoxy) is 1. The van der Waals surface area contributed by atoms with Crippen molar-refractivity contribution in [2.24, 2.45) is 5.92 Å². The van der Waals surface area contributed by atoms with E-state index in [1.807, 2.05) is 26.0 Å². The number of carbonyl (C=O) groups excluding carboxylic acids is 2. The minimum absolute atomic E-state index is 0.104. The van der Waals surface area contributed by atoms with Gasteiger partial charge in [-0.25, -0.2) is 4.79 Å². The van der Waals surface area contributed by atoms with E-state index < -0.39 is 17.4 Å². The van der Waals surface area contributed by atoms with Crippen LogP contribution in [0.15, 0.2) is 24.3 Å². The molecule has 1 aromatic carbocycles. The number of hydrogen-bond acceptors (Lipinski definition) is 3. The Hall–Kier alpha value is -1.55. The Morgan fingerprint density at radius 3 is 2.29 bits per heavy atom. The van der Waals surface area contributed by atoms with Crippen molar-refractivity contribution in [3.05, 3.63) is 34.9 Å². The number of benzene rings is 1. The van der Waals surface area contributed by atoms with E-state index in [1.165, 1.54) is 7.11 Å². The Morgan fingerprint density at radius 2 is 1.81 bits per heavy atom. The molecular formula is C16H22ClNO3. The standard InChI is InChI=1S/C16H22ClNO3/c1-10(2)16(4,15(20)21-5)18-14(19)11(3)12-8-6-7-9-13(12)17/h6-11H,1-5H3,(H,18,19). The van der Waals surface area contributed by atoms with Crippen molar-refractivity contribution in [1.29, 1.82) is 0 Å². The molecule has 2 atom stereocenters. The van der Waals surface area contributed by atoms with Gasteiger partial charge >= 0.3 is 5.97 Å². The minimum Gasteiger partial charge on any atom is -0.467 e. The van der Waals surface area contributed by atoms with Crippen LogP contribution < -0.4 is 5.32 Å². The Balaban J connectivity index is 2.98. The van der Waals surface area contributed by atoms with Gasteiger partial charge in [0.15, 0.2) is 0 Å². The summed E-state index contributed by atoms with van der Waals surface area (Å²) >= 11 is 6.12. The maximum atomic E-state index is 12.5. The fourth-order valence-corrected chi connectivity index (χ4v) is 2.27. The molecule has 0 aliphatic carbocycles. The van der Waals surface area contributed by atoms with E-state index in [9.17, 15) is 9.59 Å². The van der Waals surface area contributed by atoms with Crippen LogP contribution in [0, 0.1) is 5.92 Å². The zero-order valence-electron chi connectivity index (χ0n) is 13.1. The lowest BCUT2D eigenvalue weighted by Gasteiger charge is -2.32. The van der Waals surface area contributed by atoms with E-state index in [1.54, 1.807) is 26.0 Å². The predicted octanol–water partition coefficient (Wildman–Crippen LogP) is 3.15. The highest BCUT2D eigenvalue weighted by atomic mass is 35.5. The summed E-state index contributed by atoms with van der Waals surface area (Å²) in [4.78, 5) is 24.4. The van der Waals surface area contributed by atoms with Gasteiger partial charge in [-0.15, -0.1) is 0 Å². The second kappa shape index (κ2) is 6.94. The first-order valence-electron chi connectivity index (χ1n) is 6.89.